The van der Waals surface area contributed by atoms with Crippen LogP contribution in [0.2, 0.25) is 0 Å². The second-order valence-corrected chi connectivity index (χ2v) is 2.23. The molecule has 9 heavy (non-hydrogen) atoms. The van der Waals surface area contributed by atoms with E-state index in [-0.39, 0.29) is 0 Å². The van der Waals surface area contributed by atoms with Gasteiger partial charge in [0.1, 0.15) is 0 Å². The van der Waals surface area contributed by atoms with Crippen molar-refractivity contribution >= 4 is 6.08 Å². The highest BCUT2D eigenvalue weighted by Gasteiger charge is 2.11. The lowest BCUT2D eigenvalue weighted by atomic mass is 10.2. The van der Waals surface area contributed by atoms with Gasteiger partial charge in [-0.2, -0.15) is 0 Å². The molecule has 1 saturated heterocycles. The van der Waals surface area contributed by atoms with E-state index in [4.69, 9.17) is 0 Å². The van der Waals surface area contributed by atoms with Gasteiger partial charge in [-0.1, -0.05) is 0 Å². The van der Waals surface area contributed by atoms with Crippen LogP contribution >= 0.6 is 0 Å². The topological polar surface area (TPSA) is 41.5 Å². The Morgan fingerprint density at radius 3 is 3.22 bits per heavy atom. The Bertz CT molecular complexity index is 123. The molecule has 0 radical (unpaired) electrons. The Balaban J connectivity index is 2.18. The predicted molar refractivity (Wildman–Crippen MR) is 34.0 cm³/mol. The molecule has 1 aliphatic heterocycles. The standard InChI is InChI=1S/C6H10N2O/c9-5-7-4-6-2-1-3-8-6/h6,8H,1-4H2. The van der Waals surface area contributed by atoms with Crippen molar-refractivity contribution in [2.45, 2.75) is 18.9 Å². The van der Waals surface area contributed by atoms with Crippen molar-refractivity contribution < 1.29 is 4.79 Å². The summed E-state index contributed by atoms with van der Waals surface area (Å²) in [5, 5.41) is 3.22. The summed E-state index contributed by atoms with van der Waals surface area (Å²) in [6.45, 7) is 1.67. The summed E-state index contributed by atoms with van der Waals surface area (Å²) in [4.78, 5) is 13.1. The van der Waals surface area contributed by atoms with E-state index in [1.54, 1.807) is 0 Å². The normalized spacial score (nSPS) is 25.6. The van der Waals surface area contributed by atoms with Crippen LogP contribution in [-0.4, -0.2) is 25.2 Å². The Labute approximate surface area is 54.2 Å². The van der Waals surface area contributed by atoms with Crippen LogP contribution in [-0.2, 0) is 4.79 Å². The van der Waals surface area contributed by atoms with Crippen molar-refractivity contribution in [2.75, 3.05) is 13.1 Å². The van der Waals surface area contributed by atoms with Gasteiger partial charge in [-0.15, -0.1) is 0 Å². The highest BCUT2D eigenvalue weighted by Crippen LogP contribution is 2.03. The molecule has 3 nitrogen and oxygen atoms in total. The van der Waals surface area contributed by atoms with Gasteiger partial charge in [0.2, 0.25) is 6.08 Å². The van der Waals surface area contributed by atoms with E-state index in [2.05, 4.69) is 10.3 Å². The van der Waals surface area contributed by atoms with Crippen LogP contribution in [0, 0.1) is 0 Å². The Morgan fingerprint density at radius 2 is 2.67 bits per heavy atom. The monoisotopic (exact) mass is 126 g/mol. The van der Waals surface area contributed by atoms with Gasteiger partial charge in [-0.05, 0) is 19.4 Å². The van der Waals surface area contributed by atoms with Gasteiger partial charge in [0.15, 0.2) is 0 Å². The average molecular weight is 126 g/mol. The molecule has 0 amide bonds. The summed E-state index contributed by atoms with van der Waals surface area (Å²) < 4.78 is 0. The van der Waals surface area contributed by atoms with Crippen LogP contribution < -0.4 is 5.32 Å². The van der Waals surface area contributed by atoms with Crippen molar-refractivity contribution in [3.05, 3.63) is 0 Å². The lowest BCUT2D eigenvalue weighted by Crippen LogP contribution is -2.23. The third-order valence-corrected chi connectivity index (χ3v) is 1.54. The zero-order valence-electron chi connectivity index (χ0n) is 5.26. The smallest absolute Gasteiger partial charge is 0.234 e. The second kappa shape index (κ2) is 3.38. The van der Waals surface area contributed by atoms with E-state index in [1.165, 1.54) is 12.5 Å². The second-order valence-electron chi connectivity index (χ2n) is 2.23. The highest BCUT2D eigenvalue weighted by molar-refractivity contribution is 5.32. The molecule has 1 aliphatic rings. The molecule has 0 aromatic heterocycles. The van der Waals surface area contributed by atoms with E-state index in [1.807, 2.05) is 0 Å². The van der Waals surface area contributed by atoms with Gasteiger partial charge in [-0.3, -0.25) is 0 Å². The summed E-state index contributed by atoms with van der Waals surface area (Å²) in [7, 11) is 0. The van der Waals surface area contributed by atoms with Crippen LogP contribution in [0.1, 0.15) is 12.8 Å². The SMILES string of the molecule is O=C=NCC1CCCN1. The lowest BCUT2D eigenvalue weighted by Gasteiger charge is -2.01. The van der Waals surface area contributed by atoms with Crippen molar-refractivity contribution in [3.8, 4) is 0 Å². The van der Waals surface area contributed by atoms with E-state index in [9.17, 15) is 4.79 Å². The molecule has 0 aliphatic carbocycles. The predicted octanol–water partition coefficient (Wildman–Crippen LogP) is 0.0742. The fourth-order valence-electron chi connectivity index (χ4n) is 1.06. The summed E-state index contributed by atoms with van der Waals surface area (Å²) in [5.41, 5.74) is 0. The van der Waals surface area contributed by atoms with Gasteiger partial charge < -0.3 is 5.32 Å². The molecular weight excluding hydrogens is 116 g/mol. The minimum atomic E-state index is 0.437. The Hall–Kier alpha value is -0.660. The maximum atomic E-state index is 9.64. The first kappa shape index (κ1) is 6.46. The quantitative estimate of drug-likeness (QED) is 0.420. The minimum Gasteiger partial charge on any atom is -0.312 e. The molecule has 1 atom stereocenters. The maximum Gasteiger partial charge on any atom is 0.234 e. The molecule has 1 fully saturated rings. The molecular formula is C6H10N2O. The minimum absolute atomic E-state index is 0.437. The third-order valence-electron chi connectivity index (χ3n) is 1.54. The lowest BCUT2D eigenvalue weighted by molar-refractivity contribution is 0.556. The summed E-state index contributed by atoms with van der Waals surface area (Å²) >= 11 is 0. The van der Waals surface area contributed by atoms with E-state index >= 15 is 0 Å². The van der Waals surface area contributed by atoms with Crippen LogP contribution in [0.15, 0.2) is 4.99 Å². The van der Waals surface area contributed by atoms with Crippen molar-refractivity contribution in [1.82, 2.24) is 5.32 Å². The molecule has 0 saturated carbocycles. The number of carbonyl (C=O) groups excluding carboxylic acids is 1. The number of rotatable bonds is 2. The molecule has 1 N–H and O–H groups in total. The molecule has 1 unspecified atom stereocenters. The first-order chi connectivity index (χ1) is 4.43. The molecule has 0 spiro atoms. The van der Waals surface area contributed by atoms with Crippen molar-refractivity contribution in [3.63, 3.8) is 0 Å². The zero-order valence-corrected chi connectivity index (χ0v) is 5.26. The molecule has 50 valence electrons. The maximum absolute atomic E-state index is 9.64. The van der Waals surface area contributed by atoms with Gasteiger partial charge in [-0.25, -0.2) is 9.79 Å². The number of hydrogen-bond acceptors (Lipinski definition) is 3. The van der Waals surface area contributed by atoms with Crippen LogP contribution in [0.4, 0.5) is 0 Å². The van der Waals surface area contributed by atoms with Crippen LogP contribution in [0.3, 0.4) is 0 Å². The molecule has 0 bridgehead atoms. The number of nitrogens with zero attached hydrogens (tertiary/aromatic N) is 1. The summed E-state index contributed by atoms with van der Waals surface area (Å²) in [6, 6.07) is 0.437. The van der Waals surface area contributed by atoms with Gasteiger partial charge in [0.25, 0.3) is 0 Å². The Morgan fingerprint density at radius 1 is 1.78 bits per heavy atom. The fourth-order valence-corrected chi connectivity index (χ4v) is 1.06. The average Bonchev–Trinajstić information content (AvgIpc) is 2.34. The fraction of sp³-hybridized carbons (Fsp3) is 0.833. The van der Waals surface area contributed by atoms with Crippen LogP contribution in [0.25, 0.3) is 0 Å². The van der Waals surface area contributed by atoms with Crippen molar-refractivity contribution in [1.29, 1.82) is 0 Å². The highest BCUT2D eigenvalue weighted by atomic mass is 16.1. The molecule has 0 aromatic rings. The first-order valence-corrected chi connectivity index (χ1v) is 3.20. The number of aliphatic imine (C=N–C) groups is 1. The van der Waals surface area contributed by atoms with E-state index in [0.717, 1.165) is 13.0 Å². The van der Waals surface area contributed by atoms with E-state index < -0.39 is 0 Å². The summed E-state index contributed by atoms with van der Waals surface area (Å²) in [6.07, 6.45) is 3.88. The number of nitrogens with one attached hydrogen (secondary N) is 1. The Kier molecular flexibility index (Phi) is 2.43. The molecule has 3 heteroatoms. The first-order valence-electron chi connectivity index (χ1n) is 3.20. The molecule has 0 aromatic carbocycles. The largest absolute Gasteiger partial charge is 0.312 e. The van der Waals surface area contributed by atoms with Crippen molar-refractivity contribution in [2.24, 2.45) is 4.99 Å². The number of hydrogen-bond donors (Lipinski definition) is 1. The van der Waals surface area contributed by atoms with Crippen LogP contribution in [0.5, 0.6) is 0 Å². The van der Waals surface area contributed by atoms with Gasteiger partial charge in [0.05, 0.1) is 6.54 Å². The third kappa shape index (κ3) is 1.96. The number of isocyanates is 1. The van der Waals surface area contributed by atoms with Gasteiger partial charge >= 0.3 is 0 Å². The molecule has 1 heterocycles. The summed E-state index contributed by atoms with van der Waals surface area (Å²) in [5.74, 6) is 0. The van der Waals surface area contributed by atoms with E-state index in [0.29, 0.717) is 12.6 Å². The zero-order chi connectivity index (χ0) is 6.53. The van der Waals surface area contributed by atoms with Gasteiger partial charge in [0, 0.05) is 6.04 Å². The molecule has 1 rings (SSSR count).